The summed E-state index contributed by atoms with van der Waals surface area (Å²) in [6.45, 7) is 1.78. The second-order valence-corrected chi connectivity index (χ2v) is 6.24. The summed E-state index contributed by atoms with van der Waals surface area (Å²) in [6.07, 6.45) is -6.71. The molecule has 1 aromatic carbocycles. The number of amides is 1. The molecule has 0 unspecified atom stereocenters. The molecule has 1 amide bonds. The number of alkyl halides is 3. The zero-order valence-corrected chi connectivity index (χ0v) is 14.0. The minimum absolute atomic E-state index is 0.276. The topological polar surface area (TPSA) is 74.2 Å². The molecule has 0 aliphatic heterocycles. The van der Waals surface area contributed by atoms with Crippen LogP contribution >= 0.6 is 7.60 Å². The third-order valence-electron chi connectivity index (χ3n) is 2.51. The lowest BCUT2D eigenvalue weighted by Crippen LogP contribution is -2.26. The van der Waals surface area contributed by atoms with Gasteiger partial charge in [-0.25, -0.2) is 4.79 Å². The molecule has 0 atom stereocenters. The molecule has 0 bridgehead atoms. The van der Waals surface area contributed by atoms with E-state index in [0.29, 0.717) is 5.56 Å². The summed E-state index contributed by atoms with van der Waals surface area (Å²) in [6, 6.07) is 8.31. The molecule has 0 saturated carbocycles. The Balaban J connectivity index is 3.00. The highest BCUT2D eigenvalue weighted by molar-refractivity contribution is 7.72. The maximum atomic E-state index is 13.1. The Hall–Kier alpha value is -1.70. The van der Waals surface area contributed by atoms with E-state index in [2.05, 4.69) is 18.8 Å². The van der Waals surface area contributed by atoms with Crippen molar-refractivity contribution in [3.63, 3.8) is 0 Å². The number of aliphatic imine (C=N–C) groups is 1. The minimum atomic E-state index is -5.17. The van der Waals surface area contributed by atoms with Gasteiger partial charge >= 0.3 is 19.9 Å². The quantitative estimate of drug-likeness (QED) is 0.522. The first-order chi connectivity index (χ1) is 11.2. The van der Waals surface area contributed by atoms with Gasteiger partial charge in [0, 0.05) is 0 Å². The predicted octanol–water partition coefficient (Wildman–Crippen LogP) is 4.55. The van der Waals surface area contributed by atoms with Gasteiger partial charge in [-0.2, -0.15) is 18.2 Å². The van der Waals surface area contributed by atoms with Crippen molar-refractivity contribution in [1.82, 2.24) is 0 Å². The Morgan fingerprint density at radius 3 is 2.12 bits per heavy atom. The number of benzene rings is 1. The first-order valence-electron chi connectivity index (χ1n) is 6.99. The monoisotopic (exact) mass is 367 g/mol. The van der Waals surface area contributed by atoms with E-state index in [9.17, 15) is 22.5 Å². The van der Waals surface area contributed by atoms with Crippen LogP contribution in [0.3, 0.4) is 0 Å². The molecule has 1 rings (SSSR count). The number of ether oxygens (including phenoxy) is 1. The van der Waals surface area contributed by atoms with Crippen LogP contribution in [0.15, 0.2) is 35.3 Å². The molecule has 6 nitrogen and oxygen atoms in total. The summed E-state index contributed by atoms with van der Waals surface area (Å²) in [5.41, 5.74) is -1.37. The molecule has 0 radical (unpaired) electrons. The van der Waals surface area contributed by atoms with Crippen LogP contribution in [0.5, 0.6) is 0 Å². The van der Waals surface area contributed by atoms with E-state index in [-0.39, 0.29) is 19.8 Å². The Labute approximate surface area is 137 Å². The fourth-order valence-corrected chi connectivity index (χ4v) is 3.13. The molecule has 0 aliphatic rings. The maximum absolute atomic E-state index is 13.1. The van der Waals surface area contributed by atoms with Gasteiger partial charge in [0.2, 0.25) is 5.45 Å². The number of nitrogens with zero attached hydrogens (tertiary/aromatic N) is 1. The molecule has 0 aliphatic carbocycles. The second kappa shape index (κ2) is 8.96. The largest absolute Gasteiger partial charge is 0.443 e. The van der Waals surface area contributed by atoms with Gasteiger partial charge in [0.25, 0.3) is 0 Å². The van der Waals surface area contributed by atoms with Crippen molar-refractivity contribution in [2.24, 2.45) is 4.99 Å². The standard InChI is InChI=1S/C14H17F3NO5P/c1-3-22-24(20,23-4-2)12(14(15,16)17)18-13(19)21-10-11-8-6-5-7-9-11/h5-9H,3-4,10H2,1-2H3/b18-12+. The Morgan fingerprint density at radius 2 is 1.67 bits per heavy atom. The first kappa shape index (κ1) is 20.3. The fraction of sp³-hybridized carbons (Fsp3) is 0.429. The van der Waals surface area contributed by atoms with Crippen LogP contribution in [-0.4, -0.2) is 30.9 Å². The molecule has 1 aromatic rings. The van der Waals surface area contributed by atoms with Gasteiger partial charge in [-0.1, -0.05) is 30.3 Å². The smallest absolute Gasteiger partial charge is 0.441 e. The number of rotatable bonds is 7. The molecule has 134 valence electrons. The summed E-state index contributed by atoms with van der Waals surface area (Å²) in [5, 5.41) is 0. The van der Waals surface area contributed by atoms with Gasteiger partial charge in [0.05, 0.1) is 13.2 Å². The molecular formula is C14H17F3NO5P. The molecule has 0 N–H and O–H groups in total. The Morgan fingerprint density at radius 1 is 1.12 bits per heavy atom. The fourth-order valence-electron chi connectivity index (χ4n) is 1.62. The van der Waals surface area contributed by atoms with Crippen LogP contribution in [-0.2, 0) is 25.0 Å². The van der Waals surface area contributed by atoms with Gasteiger partial charge in [0.1, 0.15) is 6.61 Å². The summed E-state index contributed by atoms with van der Waals surface area (Å²) in [4.78, 5) is 14.4. The molecule has 0 aromatic heterocycles. The highest BCUT2D eigenvalue weighted by Crippen LogP contribution is 2.54. The van der Waals surface area contributed by atoms with Crippen molar-refractivity contribution in [1.29, 1.82) is 0 Å². The molecule has 24 heavy (non-hydrogen) atoms. The van der Waals surface area contributed by atoms with Crippen molar-refractivity contribution < 1.29 is 36.3 Å². The van der Waals surface area contributed by atoms with Crippen molar-refractivity contribution in [3.05, 3.63) is 35.9 Å². The molecule has 0 heterocycles. The number of halogens is 3. The van der Waals surface area contributed by atoms with Crippen LogP contribution in [0.25, 0.3) is 0 Å². The van der Waals surface area contributed by atoms with Gasteiger partial charge in [-0.15, -0.1) is 0 Å². The minimum Gasteiger partial charge on any atom is -0.443 e. The van der Waals surface area contributed by atoms with E-state index in [1.807, 2.05) is 0 Å². The van der Waals surface area contributed by atoms with Gasteiger partial charge < -0.3 is 13.8 Å². The lowest BCUT2D eigenvalue weighted by Gasteiger charge is -2.20. The van der Waals surface area contributed by atoms with Gasteiger partial charge in [0.15, 0.2) is 0 Å². The summed E-state index contributed by atoms with van der Waals surface area (Å²) >= 11 is 0. The number of hydrogen-bond donors (Lipinski definition) is 0. The zero-order chi connectivity index (χ0) is 18.2. The van der Waals surface area contributed by atoms with E-state index in [0.717, 1.165) is 0 Å². The average Bonchev–Trinajstić information content (AvgIpc) is 2.51. The molecule has 0 spiro atoms. The van der Waals surface area contributed by atoms with Crippen molar-refractivity contribution in [3.8, 4) is 0 Å². The van der Waals surface area contributed by atoms with Crippen LogP contribution < -0.4 is 0 Å². The van der Waals surface area contributed by atoms with Crippen molar-refractivity contribution in [2.45, 2.75) is 26.6 Å². The van der Waals surface area contributed by atoms with Crippen molar-refractivity contribution >= 4 is 19.1 Å². The van der Waals surface area contributed by atoms with Crippen LogP contribution in [0, 0.1) is 0 Å². The summed E-state index contributed by atoms with van der Waals surface area (Å²) in [7, 11) is -4.78. The summed E-state index contributed by atoms with van der Waals surface area (Å²) < 4.78 is 65.5. The summed E-state index contributed by atoms with van der Waals surface area (Å²) in [5.74, 6) is 0. The molecule has 0 fully saturated rings. The SMILES string of the molecule is CCOP(=O)(OCC)/C(=N/C(=O)OCc1ccccc1)C(F)(F)F. The number of carbonyl (C=O) groups excluding carboxylic acids is 1. The number of hydrogen-bond acceptors (Lipinski definition) is 5. The van der Waals surface area contributed by atoms with E-state index in [1.54, 1.807) is 30.3 Å². The normalized spacial score (nSPS) is 13.0. The third-order valence-corrected chi connectivity index (χ3v) is 4.58. The van der Waals surface area contributed by atoms with Crippen LogP contribution in [0.2, 0.25) is 0 Å². The first-order valence-corrected chi connectivity index (χ1v) is 8.53. The average molecular weight is 367 g/mol. The van der Waals surface area contributed by atoms with E-state index in [1.165, 1.54) is 13.8 Å². The maximum Gasteiger partial charge on any atom is 0.441 e. The lowest BCUT2D eigenvalue weighted by molar-refractivity contribution is -0.0575. The molecule has 10 heteroatoms. The Kier molecular flexibility index (Phi) is 7.59. The molecular weight excluding hydrogens is 350 g/mol. The Bertz CT molecular complexity index is 609. The third kappa shape index (κ3) is 6.07. The molecule has 0 saturated heterocycles. The second-order valence-electron chi connectivity index (χ2n) is 4.31. The van der Waals surface area contributed by atoms with Gasteiger partial charge in [-0.3, -0.25) is 4.57 Å². The van der Waals surface area contributed by atoms with Crippen LogP contribution in [0.1, 0.15) is 19.4 Å². The zero-order valence-electron chi connectivity index (χ0n) is 13.1. The highest BCUT2D eigenvalue weighted by atomic mass is 31.2. The van der Waals surface area contributed by atoms with E-state index < -0.39 is 25.3 Å². The highest BCUT2D eigenvalue weighted by Gasteiger charge is 2.51. The van der Waals surface area contributed by atoms with E-state index >= 15 is 0 Å². The predicted molar refractivity (Wildman–Crippen MR) is 81.0 cm³/mol. The van der Waals surface area contributed by atoms with Crippen LogP contribution in [0.4, 0.5) is 18.0 Å². The number of carbonyl (C=O) groups is 1. The van der Waals surface area contributed by atoms with Crippen molar-refractivity contribution in [2.75, 3.05) is 13.2 Å². The van der Waals surface area contributed by atoms with E-state index in [4.69, 9.17) is 0 Å². The lowest BCUT2D eigenvalue weighted by atomic mass is 10.2. The van der Waals surface area contributed by atoms with Gasteiger partial charge in [-0.05, 0) is 19.4 Å².